The van der Waals surface area contributed by atoms with Crippen LogP contribution in [0.4, 0.5) is 0 Å². The molecule has 0 bridgehead atoms. The Balaban J connectivity index is 2.22. The summed E-state index contributed by atoms with van der Waals surface area (Å²) in [5.74, 6) is 0.258. The van der Waals surface area contributed by atoms with Gasteiger partial charge in [-0.25, -0.2) is 4.79 Å². The summed E-state index contributed by atoms with van der Waals surface area (Å²) >= 11 is 0. The summed E-state index contributed by atoms with van der Waals surface area (Å²) in [5, 5.41) is 0. The van der Waals surface area contributed by atoms with Crippen LogP contribution >= 0.6 is 0 Å². The summed E-state index contributed by atoms with van der Waals surface area (Å²) in [7, 11) is 1.36. The number of hydrogen-bond donors (Lipinski definition) is 0. The van der Waals surface area contributed by atoms with E-state index in [1.807, 2.05) is 86.6 Å². The van der Waals surface area contributed by atoms with Gasteiger partial charge in [0.25, 0.3) is 0 Å². The molecule has 136 valence electrons. The molecule has 3 aromatic carbocycles. The zero-order valence-corrected chi connectivity index (χ0v) is 15.7. The molecule has 0 saturated carbocycles. The molecule has 0 unspecified atom stereocenters. The van der Waals surface area contributed by atoms with E-state index in [9.17, 15) is 4.79 Å². The van der Waals surface area contributed by atoms with Gasteiger partial charge >= 0.3 is 5.97 Å². The van der Waals surface area contributed by atoms with E-state index in [2.05, 4.69) is 6.07 Å². The number of hydrogen-bond acceptors (Lipinski definition) is 3. The normalized spacial score (nSPS) is 10.2. The highest BCUT2D eigenvalue weighted by molar-refractivity contribution is 6.00. The van der Waals surface area contributed by atoms with Crippen molar-refractivity contribution in [1.82, 2.24) is 0 Å². The quantitative estimate of drug-likeness (QED) is 0.352. The second-order valence-corrected chi connectivity index (χ2v) is 6.35. The topological polar surface area (TPSA) is 35.5 Å². The Bertz CT molecular complexity index is 896. The van der Waals surface area contributed by atoms with Gasteiger partial charge in [-0.3, -0.25) is 0 Å². The summed E-state index contributed by atoms with van der Waals surface area (Å²) in [6.45, 7) is 3.99. The van der Waals surface area contributed by atoms with Crippen LogP contribution in [0, 0.1) is 13.8 Å². The van der Waals surface area contributed by atoms with Crippen LogP contribution in [0.1, 0.15) is 22.3 Å². The maximum atomic E-state index is 12.7. The van der Waals surface area contributed by atoms with Crippen molar-refractivity contribution in [2.24, 2.45) is 0 Å². The van der Waals surface area contributed by atoms with Crippen molar-refractivity contribution < 1.29 is 14.3 Å². The van der Waals surface area contributed by atoms with Crippen molar-refractivity contribution in [2.45, 2.75) is 13.8 Å². The molecule has 0 aliphatic carbocycles. The average molecular weight is 358 g/mol. The largest absolute Gasteiger partial charge is 0.463 e. The Labute approximate surface area is 159 Å². The second-order valence-electron chi connectivity index (χ2n) is 6.35. The Morgan fingerprint density at radius 3 is 1.67 bits per heavy atom. The van der Waals surface area contributed by atoms with Crippen molar-refractivity contribution >= 4 is 11.5 Å². The highest BCUT2D eigenvalue weighted by Crippen LogP contribution is 2.30. The third-order valence-electron chi connectivity index (χ3n) is 4.14. The van der Waals surface area contributed by atoms with Crippen LogP contribution < -0.4 is 4.74 Å². The maximum absolute atomic E-state index is 12.7. The second kappa shape index (κ2) is 8.37. The van der Waals surface area contributed by atoms with Crippen LogP contribution in [0.15, 0.2) is 84.6 Å². The summed E-state index contributed by atoms with van der Waals surface area (Å²) < 4.78 is 11.2. The van der Waals surface area contributed by atoms with Gasteiger partial charge in [-0.2, -0.15) is 0 Å². The molecule has 3 nitrogen and oxygen atoms in total. The number of ether oxygens (including phenoxy) is 2. The lowest BCUT2D eigenvalue weighted by molar-refractivity contribution is -0.138. The summed E-state index contributed by atoms with van der Waals surface area (Å²) in [4.78, 5) is 12.7. The predicted octanol–water partition coefficient (Wildman–Crippen LogP) is 5.31. The molecule has 27 heavy (non-hydrogen) atoms. The molecule has 0 aliphatic heterocycles. The summed E-state index contributed by atoms with van der Waals surface area (Å²) in [6.07, 6.45) is 0. The molecular weight excluding hydrogens is 336 g/mol. The van der Waals surface area contributed by atoms with Crippen molar-refractivity contribution in [2.75, 3.05) is 7.11 Å². The molecule has 0 saturated heterocycles. The fraction of sp³-hybridized carbons (Fsp3) is 0.125. The lowest BCUT2D eigenvalue weighted by atomic mass is 9.96. The molecule has 0 aromatic heterocycles. The van der Waals surface area contributed by atoms with E-state index in [0.717, 1.165) is 22.3 Å². The molecule has 0 amide bonds. The van der Waals surface area contributed by atoms with Gasteiger partial charge in [0.1, 0.15) is 5.75 Å². The van der Waals surface area contributed by atoms with Crippen LogP contribution in [0.5, 0.6) is 5.75 Å². The molecule has 3 aromatic rings. The minimum absolute atomic E-state index is 0.167. The lowest BCUT2D eigenvalue weighted by Crippen LogP contribution is -2.14. The monoisotopic (exact) mass is 358 g/mol. The van der Waals surface area contributed by atoms with Crippen molar-refractivity contribution in [3.63, 3.8) is 0 Å². The maximum Gasteiger partial charge on any atom is 0.374 e. The van der Waals surface area contributed by atoms with Crippen molar-refractivity contribution in [3.05, 3.63) is 107 Å². The van der Waals surface area contributed by atoms with Crippen LogP contribution in [-0.4, -0.2) is 13.1 Å². The van der Waals surface area contributed by atoms with E-state index in [1.165, 1.54) is 7.11 Å². The van der Waals surface area contributed by atoms with E-state index in [-0.39, 0.29) is 5.76 Å². The molecule has 0 radical (unpaired) electrons. The van der Waals surface area contributed by atoms with Crippen LogP contribution in [-0.2, 0) is 9.53 Å². The minimum Gasteiger partial charge on any atom is -0.463 e. The first-order chi connectivity index (χ1) is 13.1. The smallest absolute Gasteiger partial charge is 0.374 e. The molecule has 0 atom stereocenters. The van der Waals surface area contributed by atoms with Gasteiger partial charge in [0, 0.05) is 5.57 Å². The van der Waals surface area contributed by atoms with E-state index in [4.69, 9.17) is 9.47 Å². The third-order valence-corrected chi connectivity index (χ3v) is 4.14. The van der Waals surface area contributed by atoms with Gasteiger partial charge in [-0.15, -0.1) is 0 Å². The van der Waals surface area contributed by atoms with E-state index in [1.54, 1.807) is 0 Å². The van der Waals surface area contributed by atoms with Crippen LogP contribution in [0.3, 0.4) is 0 Å². The summed E-state index contributed by atoms with van der Waals surface area (Å²) in [5.41, 5.74) is 4.59. The highest BCUT2D eigenvalue weighted by atomic mass is 16.6. The fourth-order valence-electron chi connectivity index (χ4n) is 3.04. The molecule has 0 spiro atoms. The molecule has 0 aliphatic rings. The number of carbonyl (C=O) groups excluding carboxylic acids is 1. The highest BCUT2D eigenvalue weighted by Gasteiger charge is 2.22. The van der Waals surface area contributed by atoms with E-state index in [0.29, 0.717) is 11.3 Å². The van der Waals surface area contributed by atoms with Gasteiger partial charge in [0.15, 0.2) is 0 Å². The molecule has 0 heterocycles. The minimum atomic E-state index is -0.517. The van der Waals surface area contributed by atoms with Crippen LogP contribution in [0.25, 0.3) is 5.57 Å². The molecule has 0 N–H and O–H groups in total. The number of aryl methyl sites for hydroxylation is 2. The Morgan fingerprint density at radius 2 is 1.22 bits per heavy atom. The van der Waals surface area contributed by atoms with Gasteiger partial charge < -0.3 is 9.47 Å². The van der Waals surface area contributed by atoms with Crippen molar-refractivity contribution in [1.29, 1.82) is 0 Å². The van der Waals surface area contributed by atoms with E-state index < -0.39 is 5.97 Å². The number of methoxy groups -OCH3 is 1. The first-order valence-corrected chi connectivity index (χ1v) is 8.78. The first-order valence-electron chi connectivity index (χ1n) is 8.78. The Hall–Kier alpha value is -3.33. The SMILES string of the molecule is COC(=O)C(Oc1cc(C)cc(C)c1)=C(c1ccccc1)c1ccccc1. The van der Waals surface area contributed by atoms with Gasteiger partial charge in [0.2, 0.25) is 5.76 Å². The van der Waals surface area contributed by atoms with Crippen molar-refractivity contribution in [3.8, 4) is 5.75 Å². The first kappa shape index (κ1) is 18.5. The number of esters is 1. The van der Waals surface area contributed by atoms with E-state index >= 15 is 0 Å². The molecule has 3 heteroatoms. The number of carbonyl (C=O) groups is 1. The zero-order chi connectivity index (χ0) is 19.2. The zero-order valence-electron chi connectivity index (χ0n) is 15.7. The third kappa shape index (κ3) is 4.45. The fourth-order valence-corrected chi connectivity index (χ4v) is 3.04. The van der Waals surface area contributed by atoms with Crippen LogP contribution in [0.2, 0.25) is 0 Å². The standard InChI is InChI=1S/C24H22O3/c1-17-14-18(2)16-21(15-17)27-23(24(25)26-3)22(19-10-6-4-7-11-19)20-12-8-5-9-13-20/h4-16H,1-3H3. The number of rotatable bonds is 5. The Morgan fingerprint density at radius 1 is 0.741 bits per heavy atom. The lowest BCUT2D eigenvalue weighted by Gasteiger charge is -2.16. The average Bonchev–Trinajstić information content (AvgIpc) is 2.68. The molecule has 3 rings (SSSR count). The molecular formula is C24H22O3. The number of benzene rings is 3. The van der Waals surface area contributed by atoms with Gasteiger partial charge in [0.05, 0.1) is 7.11 Å². The summed E-state index contributed by atoms with van der Waals surface area (Å²) in [6, 6.07) is 25.3. The molecule has 0 fully saturated rings. The van der Waals surface area contributed by atoms with Gasteiger partial charge in [-0.05, 0) is 48.2 Å². The Kier molecular flexibility index (Phi) is 5.72. The van der Waals surface area contributed by atoms with Gasteiger partial charge in [-0.1, -0.05) is 66.7 Å². The predicted molar refractivity (Wildman–Crippen MR) is 107 cm³/mol.